The van der Waals surface area contributed by atoms with E-state index >= 15 is 0 Å². The van der Waals surface area contributed by atoms with E-state index in [0.29, 0.717) is 0 Å². The van der Waals surface area contributed by atoms with E-state index in [0.717, 1.165) is 0 Å². The van der Waals surface area contributed by atoms with E-state index in [1.165, 1.54) is 21.9 Å². The molecule has 0 spiro atoms. The first-order chi connectivity index (χ1) is 8.86. The summed E-state index contributed by atoms with van der Waals surface area (Å²) in [7, 11) is 3.87. The SMILES string of the molecule is [Si][C@H](c1ccccc1)c1cccc2ccccc12. The van der Waals surface area contributed by atoms with Gasteiger partial charge in [-0.25, -0.2) is 0 Å². The first-order valence-corrected chi connectivity index (χ1v) is 6.68. The first-order valence-electron chi connectivity index (χ1n) is 6.10. The summed E-state index contributed by atoms with van der Waals surface area (Å²) in [5.74, 6) is 0. The van der Waals surface area contributed by atoms with Gasteiger partial charge in [0.2, 0.25) is 0 Å². The van der Waals surface area contributed by atoms with Gasteiger partial charge in [0.1, 0.15) is 0 Å². The number of hydrogen-bond acceptors (Lipinski definition) is 0. The lowest BCUT2D eigenvalue weighted by Crippen LogP contribution is -2.00. The van der Waals surface area contributed by atoms with E-state index in [4.69, 9.17) is 0 Å². The quantitative estimate of drug-likeness (QED) is 0.596. The molecule has 0 aliphatic carbocycles. The lowest BCUT2D eigenvalue weighted by Gasteiger charge is -2.15. The molecule has 3 rings (SSSR count). The van der Waals surface area contributed by atoms with Crippen molar-refractivity contribution in [2.24, 2.45) is 0 Å². The standard InChI is InChI=1S/C17H13Si/c18-17(14-8-2-1-3-9-14)16-12-6-10-13-7-4-5-11-15(13)16/h1-12,17H/t17-/m1/s1. The van der Waals surface area contributed by atoms with Crippen molar-refractivity contribution in [3.63, 3.8) is 0 Å². The van der Waals surface area contributed by atoms with Crippen molar-refractivity contribution < 1.29 is 0 Å². The Morgan fingerprint density at radius 1 is 0.667 bits per heavy atom. The normalized spacial score (nSPS) is 12.5. The summed E-state index contributed by atoms with van der Waals surface area (Å²) in [6, 6.07) is 25.5. The maximum absolute atomic E-state index is 3.87. The minimum atomic E-state index is 0.234. The molecule has 0 heterocycles. The molecule has 1 heteroatoms. The molecular formula is C17H13Si. The van der Waals surface area contributed by atoms with Gasteiger partial charge < -0.3 is 0 Å². The summed E-state index contributed by atoms with van der Waals surface area (Å²) in [5.41, 5.74) is 2.83. The second kappa shape index (κ2) is 4.79. The predicted molar refractivity (Wildman–Crippen MR) is 78.0 cm³/mol. The van der Waals surface area contributed by atoms with Crippen LogP contribution in [-0.2, 0) is 0 Å². The van der Waals surface area contributed by atoms with Crippen LogP contribution in [0.25, 0.3) is 10.8 Å². The number of fused-ring (bicyclic) bond motifs is 1. The zero-order chi connectivity index (χ0) is 12.4. The van der Waals surface area contributed by atoms with Gasteiger partial charge in [0.05, 0.1) is 0 Å². The first kappa shape index (κ1) is 11.2. The van der Waals surface area contributed by atoms with Gasteiger partial charge >= 0.3 is 0 Å². The van der Waals surface area contributed by atoms with Gasteiger partial charge in [0.25, 0.3) is 0 Å². The molecule has 0 N–H and O–H groups in total. The largest absolute Gasteiger partial charge is 0.0622 e. The Bertz CT molecular complexity index is 653. The van der Waals surface area contributed by atoms with E-state index in [1.807, 2.05) is 6.07 Å². The van der Waals surface area contributed by atoms with Gasteiger partial charge in [-0.15, -0.1) is 0 Å². The van der Waals surface area contributed by atoms with Crippen LogP contribution in [0.5, 0.6) is 0 Å². The molecule has 85 valence electrons. The lowest BCUT2D eigenvalue weighted by atomic mass is 9.98. The van der Waals surface area contributed by atoms with Gasteiger partial charge in [0, 0.05) is 10.2 Å². The highest BCUT2D eigenvalue weighted by Crippen LogP contribution is 2.28. The molecule has 0 unspecified atom stereocenters. The fourth-order valence-corrected chi connectivity index (χ4v) is 2.77. The monoisotopic (exact) mass is 245 g/mol. The second-order valence-electron chi connectivity index (χ2n) is 4.41. The average molecular weight is 245 g/mol. The van der Waals surface area contributed by atoms with E-state index in [-0.39, 0.29) is 5.54 Å². The highest BCUT2D eigenvalue weighted by Gasteiger charge is 2.10. The van der Waals surface area contributed by atoms with Crippen molar-refractivity contribution in [3.05, 3.63) is 83.9 Å². The molecule has 0 amide bonds. The molecule has 3 radical (unpaired) electrons. The molecule has 3 aromatic rings. The van der Waals surface area contributed by atoms with Gasteiger partial charge in [-0.3, -0.25) is 0 Å². The minimum absolute atomic E-state index is 0.234. The van der Waals surface area contributed by atoms with E-state index < -0.39 is 0 Å². The topological polar surface area (TPSA) is 0 Å². The van der Waals surface area contributed by atoms with Crippen LogP contribution in [0.3, 0.4) is 0 Å². The van der Waals surface area contributed by atoms with E-state index in [1.54, 1.807) is 0 Å². The zero-order valence-corrected chi connectivity index (χ0v) is 11.0. The highest BCUT2D eigenvalue weighted by atomic mass is 28.1. The summed E-state index contributed by atoms with van der Waals surface area (Å²) >= 11 is 0. The van der Waals surface area contributed by atoms with Crippen LogP contribution in [0.2, 0.25) is 0 Å². The smallest absolute Gasteiger partial charge is 0.0396 e. The summed E-state index contributed by atoms with van der Waals surface area (Å²) in [4.78, 5) is 0. The third-order valence-electron chi connectivity index (χ3n) is 3.27. The Hall–Kier alpha value is -1.86. The van der Waals surface area contributed by atoms with Gasteiger partial charge in [-0.1, -0.05) is 72.8 Å². The summed E-state index contributed by atoms with van der Waals surface area (Å²) in [6.45, 7) is 0. The van der Waals surface area contributed by atoms with Crippen LogP contribution in [0, 0.1) is 0 Å². The van der Waals surface area contributed by atoms with Crippen molar-refractivity contribution in [1.82, 2.24) is 0 Å². The molecule has 18 heavy (non-hydrogen) atoms. The van der Waals surface area contributed by atoms with Gasteiger partial charge in [-0.05, 0) is 27.4 Å². The van der Waals surface area contributed by atoms with Gasteiger partial charge in [0.15, 0.2) is 0 Å². The van der Waals surface area contributed by atoms with Crippen LogP contribution in [0.4, 0.5) is 0 Å². The molecule has 0 aromatic heterocycles. The third kappa shape index (κ3) is 1.98. The van der Waals surface area contributed by atoms with E-state index in [2.05, 4.69) is 77.0 Å². The van der Waals surface area contributed by atoms with Crippen molar-refractivity contribution >= 4 is 21.0 Å². The van der Waals surface area contributed by atoms with Crippen molar-refractivity contribution in [2.45, 2.75) is 5.54 Å². The minimum Gasteiger partial charge on any atom is -0.0622 e. The number of hydrogen-bond donors (Lipinski definition) is 0. The van der Waals surface area contributed by atoms with Crippen LogP contribution < -0.4 is 0 Å². The Morgan fingerprint density at radius 2 is 1.33 bits per heavy atom. The van der Waals surface area contributed by atoms with Crippen molar-refractivity contribution in [1.29, 1.82) is 0 Å². The Balaban J connectivity index is 2.15. The molecule has 1 atom stereocenters. The second-order valence-corrected chi connectivity index (χ2v) is 4.99. The third-order valence-corrected chi connectivity index (χ3v) is 3.91. The van der Waals surface area contributed by atoms with Crippen LogP contribution in [0.15, 0.2) is 72.8 Å². The predicted octanol–water partition coefficient (Wildman–Crippen LogP) is 4.10. The van der Waals surface area contributed by atoms with Crippen LogP contribution >= 0.6 is 0 Å². The van der Waals surface area contributed by atoms with Crippen molar-refractivity contribution in [3.8, 4) is 0 Å². The summed E-state index contributed by atoms with van der Waals surface area (Å²) in [6.07, 6.45) is 0. The molecule has 3 aromatic carbocycles. The molecule has 0 fully saturated rings. The molecule has 0 nitrogen and oxygen atoms in total. The molecular weight excluding hydrogens is 232 g/mol. The Morgan fingerprint density at radius 3 is 2.17 bits per heavy atom. The van der Waals surface area contributed by atoms with Gasteiger partial charge in [-0.2, -0.15) is 0 Å². The fourth-order valence-electron chi connectivity index (χ4n) is 2.33. The molecule has 0 bridgehead atoms. The molecule has 0 saturated heterocycles. The summed E-state index contributed by atoms with van der Waals surface area (Å²) < 4.78 is 0. The Labute approximate surface area is 111 Å². The lowest BCUT2D eigenvalue weighted by molar-refractivity contribution is 1.16. The van der Waals surface area contributed by atoms with Crippen molar-refractivity contribution in [2.75, 3.05) is 0 Å². The Kier molecular flexibility index (Phi) is 2.99. The molecule has 0 aliphatic rings. The average Bonchev–Trinajstić information content (AvgIpc) is 2.47. The molecule has 0 aliphatic heterocycles. The summed E-state index contributed by atoms with van der Waals surface area (Å²) in [5, 5.41) is 2.60. The van der Waals surface area contributed by atoms with Crippen LogP contribution in [-0.4, -0.2) is 10.2 Å². The molecule has 0 saturated carbocycles. The van der Waals surface area contributed by atoms with E-state index in [9.17, 15) is 0 Å². The fraction of sp³-hybridized carbons (Fsp3) is 0.0588. The maximum atomic E-state index is 3.87. The maximum Gasteiger partial charge on any atom is 0.0396 e. The zero-order valence-electron chi connectivity index (χ0n) is 10.0. The van der Waals surface area contributed by atoms with Crippen LogP contribution in [0.1, 0.15) is 16.7 Å². The number of rotatable bonds is 2. The highest BCUT2D eigenvalue weighted by molar-refractivity contribution is 6.16. The number of benzene rings is 3.